The van der Waals surface area contributed by atoms with Crippen molar-refractivity contribution in [1.29, 1.82) is 0 Å². The van der Waals surface area contributed by atoms with E-state index in [1.54, 1.807) is 35.4 Å². The van der Waals surface area contributed by atoms with E-state index in [1.165, 1.54) is 6.07 Å². The van der Waals surface area contributed by atoms with E-state index in [-0.39, 0.29) is 28.3 Å². The van der Waals surface area contributed by atoms with Gasteiger partial charge < -0.3 is 10.2 Å². The van der Waals surface area contributed by atoms with Crippen molar-refractivity contribution < 1.29 is 9.18 Å². The Balaban J connectivity index is 1.89. The Morgan fingerprint density at radius 1 is 1.41 bits per heavy atom. The monoisotopic (exact) mass is 385 g/mol. The number of aromatic nitrogens is 1. The highest BCUT2D eigenvalue weighted by Crippen LogP contribution is 2.52. The molecule has 0 bridgehead atoms. The maximum absolute atomic E-state index is 14.2. The molecule has 1 N–H and O–H groups in total. The molecule has 1 aromatic heterocycles. The third-order valence-electron chi connectivity index (χ3n) is 5.80. The molecule has 1 atom stereocenters. The first-order chi connectivity index (χ1) is 13.1. The molecule has 1 saturated heterocycles. The average molecular weight is 386 g/mol. The Bertz CT molecular complexity index is 895. The first kappa shape index (κ1) is 18.1. The van der Waals surface area contributed by atoms with Crippen LogP contribution in [0.25, 0.3) is 0 Å². The standard InChI is InChI=1S/C21H21ClFN3O/c1-2-4-18-21(8-11-24-12-9-21)16-13-14(23)6-7-17(16)26(18)20(27)15-5-3-10-25-19(15)22/h2-3,5-7,10,13,18,24H,1,4,8-9,11-12H2/t18-/m1/s1. The van der Waals surface area contributed by atoms with Gasteiger partial charge in [0.2, 0.25) is 0 Å². The average Bonchev–Trinajstić information content (AvgIpc) is 2.92. The molecule has 1 fully saturated rings. The molecule has 1 spiro atoms. The molecule has 1 aromatic carbocycles. The zero-order valence-corrected chi connectivity index (χ0v) is 15.7. The van der Waals surface area contributed by atoms with E-state index < -0.39 is 0 Å². The number of hydrogen-bond donors (Lipinski definition) is 1. The molecule has 1 amide bonds. The van der Waals surface area contributed by atoms with E-state index in [0.717, 1.165) is 37.2 Å². The van der Waals surface area contributed by atoms with Crippen LogP contribution in [0.4, 0.5) is 10.1 Å². The van der Waals surface area contributed by atoms with E-state index in [2.05, 4.69) is 16.9 Å². The number of amides is 1. The van der Waals surface area contributed by atoms with Gasteiger partial charge in [0.15, 0.2) is 0 Å². The number of nitrogens with one attached hydrogen (secondary N) is 1. The summed E-state index contributed by atoms with van der Waals surface area (Å²) in [4.78, 5) is 19.3. The van der Waals surface area contributed by atoms with Crippen LogP contribution in [0, 0.1) is 5.82 Å². The predicted octanol–water partition coefficient (Wildman–Crippen LogP) is 4.10. The first-order valence-corrected chi connectivity index (χ1v) is 9.52. The van der Waals surface area contributed by atoms with Crippen molar-refractivity contribution in [3.8, 4) is 0 Å². The normalized spacial score (nSPS) is 20.5. The number of anilines is 1. The zero-order chi connectivity index (χ0) is 19.0. The number of nitrogens with zero attached hydrogens (tertiary/aromatic N) is 2. The molecular formula is C21H21ClFN3O. The van der Waals surface area contributed by atoms with Crippen LogP contribution >= 0.6 is 11.6 Å². The summed E-state index contributed by atoms with van der Waals surface area (Å²) in [5, 5.41) is 3.55. The highest BCUT2D eigenvalue weighted by molar-refractivity contribution is 6.33. The Morgan fingerprint density at radius 3 is 2.89 bits per heavy atom. The van der Waals surface area contributed by atoms with Gasteiger partial charge in [-0.2, -0.15) is 0 Å². The maximum Gasteiger partial charge on any atom is 0.261 e. The lowest BCUT2D eigenvalue weighted by Gasteiger charge is -2.41. The number of halogens is 2. The van der Waals surface area contributed by atoms with Crippen molar-refractivity contribution in [2.45, 2.75) is 30.7 Å². The number of benzene rings is 1. The van der Waals surface area contributed by atoms with Crippen LogP contribution in [-0.4, -0.2) is 30.0 Å². The fourth-order valence-electron chi connectivity index (χ4n) is 4.60. The Morgan fingerprint density at radius 2 is 2.19 bits per heavy atom. The second kappa shape index (κ2) is 7.06. The molecule has 3 heterocycles. The van der Waals surface area contributed by atoms with Crippen molar-refractivity contribution in [2.75, 3.05) is 18.0 Å². The fourth-order valence-corrected chi connectivity index (χ4v) is 4.80. The van der Waals surface area contributed by atoms with E-state index in [1.807, 2.05) is 6.08 Å². The summed E-state index contributed by atoms with van der Waals surface area (Å²) >= 11 is 6.20. The van der Waals surface area contributed by atoms with Crippen LogP contribution in [0.3, 0.4) is 0 Å². The molecule has 2 aliphatic heterocycles. The number of carbonyl (C=O) groups is 1. The highest BCUT2D eigenvalue weighted by atomic mass is 35.5. The van der Waals surface area contributed by atoms with Crippen LogP contribution in [0.15, 0.2) is 49.2 Å². The second-order valence-electron chi connectivity index (χ2n) is 7.12. The maximum atomic E-state index is 14.2. The fraction of sp³-hybridized carbons (Fsp3) is 0.333. The summed E-state index contributed by atoms with van der Waals surface area (Å²) in [6.07, 6.45) is 5.70. The summed E-state index contributed by atoms with van der Waals surface area (Å²) in [6.45, 7) is 5.57. The molecule has 2 aliphatic rings. The van der Waals surface area contributed by atoms with Gasteiger partial charge >= 0.3 is 0 Å². The minimum Gasteiger partial charge on any atom is -0.317 e. The zero-order valence-electron chi connectivity index (χ0n) is 14.9. The molecule has 6 heteroatoms. The van der Waals surface area contributed by atoms with Crippen molar-refractivity contribution in [1.82, 2.24) is 10.3 Å². The number of piperidine rings is 1. The van der Waals surface area contributed by atoms with Gasteiger partial charge in [-0.1, -0.05) is 17.7 Å². The highest BCUT2D eigenvalue weighted by Gasteiger charge is 2.52. The molecule has 140 valence electrons. The molecule has 4 nitrogen and oxygen atoms in total. The van der Waals surface area contributed by atoms with Crippen molar-refractivity contribution >= 4 is 23.2 Å². The van der Waals surface area contributed by atoms with Gasteiger partial charge in [-0.15, -0.1) is 6.58 Å². The van der Waals surface area contributed by atoms with Gasteiger partial charge in [-0.25, -0.2) is 9.37 Å². The van der Waals surface area contributed by atoms with Crippen LogP contribution in [-0.2, 0) is 5.41 Å². The lowest BCUT2D eigenvalue weighted by Crippen LogP contribution is -2.51. The first-order valence-electron chi connectivity index (χ1n) is 9.14. The summed E-state index contributed by atoms with van der Waals surface area (Å²) in [6, 6.07) is 7.96. The summed E-state index contributed by atoms with van der Waals surface area (Å²) < 4.78 is 14.2. The van der Waals surface area contributed by atoms with Gasteiger partial charge in [-0.3, -0.25) is 4.79 Å². The predicted molar refractivity (Wildman–Crippen MR) is 105 cm³/mol. The molecule has 0 radical (unpaired) electrons. The third kappa shape index (κ3) is 2.86. The molecule has 0 aliphatic carbocycles. The lowest BCUT2D eigenvalue weighted by atomic mass is 9.69. The molecule has 0 saturated carbocycles. The van der Waals surface area contributed by atoms with Crippen LogP contribution in [0.2, 0.25) is 5.15 Å². The minimum atomic E-state index is -0.290. The van der Waals surface area contributed by atoms with E-state index in [9.17, 15) is 9.18 Å². The summed E-state index contributed by atoms with van der Waals surface area (Å²) in [5.74, 6) is -0.485. The van der Waals surface area contributed by atoms with Crippen LogP contribution < -0.4 is 10.2 Å². The minimum absolute atomic E-state index is 0.127. The van der Waals surface area contributed by atoms with Gasteiger partial charge in [0, 0.05) is 17.3 Å². The van der Waals surface area contributed by atoms with Crippen LogP contribution in [0.1, 0.15) is 35.2 Å². The largest absolute Gasteiger partial charge is 0.317 e. The number of rotatable bonds is 3. The second-order valence-corrected chi connectivity index (χ2v) is 7.48. The number of pyridine rings is 1. The molecule has 27 heavy (non-hydrogen) atoms. The smallest absolute Gasteiger partial charge is 0.261 e. The van der Waals surface area contributed by atoms with Crippen molar-refractivity contribution in [2.24, 2.45) is 0 Å². The van der Waals surface area contributed by atoms with Gasteiger partial charge in [0.05, 0.1) is 11.6 Å². The lowest BCUT2D eigenvalue weighted by molar-refractivity contribution is 0.0964. The van der Waals surface area contributed by atoms with Crippen LogP contribution in [0.5, 0.6) is 0 Å². The quantitative estimate of drug-likeness (QED) is 0.639. The van der Waals surface area contributed by atoms with Gasteiger partial charge in [-0.05, 0) is 68.2 Å². The third-order valence-corrected chi connectivity index (χ3v) is 6.10. The van der Waals surface area contributed by atoms with E-state index in [0.29, 0.717) is 12.0 Å². The van der Waals surface area contributed by atoms with E-state index in [4.69, 9.17) is 11.6 Å². The Hall–Kier alpha value is -2.24. The Kier molecular flexibility index (Phi) is 4.74. The van der Waals surface area contributed by atoms with Gasteiger partial charge in [0.1, 0.15) is 11.0 Å². The number of carbonyl (C=O) groups excluding carboxylic acids is 1. The van der Waals surface area contributed by atoms with E-state index >= 15 is 0 Å². The van der Waals surface area contributed by atoms with Crippen molar-refractivity contribution in [3.63, 3.8) is 0 Å². The molecule has 0 unspecified atom stereocenters. The molecular weight excluding hydrogens is 365 g/mol. The SMILES string of the molecule is C=CC[C@H]1N(C(=O)c2cccnc2Cl)c2ccc(F)cc2C12CCNCC2. The molecule has 2 aromatic rings. The number of hydrogen-bond acceptors (Lipinski definition) is 3. The van der Waals surface area contributed by atoms with Gasteiger partial charge in [0.25, 0.3) is 5.91 Å². The summed E-state index contributed by atoms with van der Waals surface area (Å²) in [5.41, 5.74) is 1.73. The molecule has 4 rings (SSSR count). The summed E-state index contributed by atoms with van der Waals surface area (Å²) in [7, 11) is 0. The number of fused-ring (bicyclic) bond motifs is 2. The van der Waals surface area contributed by atoms with Crippen molar-refractivity contribution in [3.05, 3.63) is 71.3 Å². The topological polar surface area (TPSA) is 45.2 Å². The Labute approximate surface area is 163 Å².